The number of benzene rings is 3. The van der Waals surface area contributed by atoms with Gasteiger partial charge in [0.1, 0.15) is 11.6 Å². The van der Waals surface area contributed by atoms with Crippen molar-refractivity contribution in [2.75, 3.05) is 25.0 Å². The largest absolute Gasteiger partial charge is 0.442 e. The Morgan fingerprint density at radius 1 is 1.10 bits per heavy atom. The van der Waals surface area contributed by atoms with E-state index in [9.17, 15) is 18.4 Å². The molecule has 0 bridgehead atoms. The summed E-state index contributed by atoms with van der Waals surface area (Å²) in [5.41, 5.74) is 3.22. The number of anilines is 2. The Kier molecular flexibility index (Phi) is 7.60. The van der Waals surface area contributed by atoms with Gasteiger partial charge in [0, 0.05) is 52.3 Å². The molecule has 12 heteroatoms. The molecule has 0 aliphatic carbocycles. The van der Waals surface area contributed by atoms with Crippen LogP contribution in [0.4, 0.5) is 20.4 Å². The van der Waals surface area contributed by atoms with Crippen LogP contribution in [-0.4, -0.2) is 58.8 Å². The van der Waals surface area contributed by atoms with E-state index in [1.807, 2.05) is 0 Å². The Morgan fingerprint density at radius 3 is 2.64 bits per heavy atom. The van der Waals surface area contributed by atoms with Crippen LogP contribution in [0.25, 0.3) is 11.3 Å². The highest BCUT2D eigenvalue weighted by Gasteiger charge is 2.29. The van der Waals surface area contributed by atoms with Crippen molar-refractivity contribution >= 4 is 41.3 Å². The van der Waals surface area contributed by atoms with E-state index in [0.29, 0.717) is 64.8 Å². The molecular formula is C30H23ClF2N6O3. The van der Waals surface area contributed by atoms with Crippen LogP contribution < -0.4 is 10.6 Å². The van der Waals surface area contributed by atoms with Crippen LogP contribution in [0, 0.1) is 11.6 Å². The van der Waals surface area contributed by atoms with Crippen molar-refractivity contribution in [1.29, 1.82) is 0 Å². The molecule has 0 saturated carbocycles. The summed E-state index contributed by atoms with van der Waals surface area (Å²) in [6.07, 6.45) is 0.939. The quantitative estimate of drug-likeness (QED) is 0.314. The van der Waals surface area contributed by atoms with Crippen molar-refractivity contribution in [2.45, 2.75) is 12.8 Å². The van der Waals surface area contributed by atoms with Crippen LogP contribution in [0.15, 0.2) is 71.9 Å². The fourth-order valence-corrected chi connectivity index (χ4v) is 5.18. The molecule has 1 fully saturated rings. The predicted molar refractivity (Wildman–Crippen MR) is 153 cm³/mol. The number of aliphatic imine (C=N–C) groups is 1. The predicted octanol–water partition coefficient (Wildman–Crippen LogP) is 4.71. The highest BCUT2D eigenvalue weighted by molar-refractivity contribution is 6.31. The zero-order chi connectivity index (χ0) is 29.2. The van der Waals surface area contributed by atoms with Gasteiger partial charge in [-0.3, -0.25) is 14.6 Å². The van der Waals surface area contributed by atoms with Crippen molar-refractivity contribution in [2.24, 2.45) is 4.99 Å². The molecule has 1 amide bonds. The second-order valence-electron chi connectivity index (χ2n) is 9.61. The number of aromatic nitrogens is 2. The maximum atomic E-state index is 14.8. The van der Waals surface area contributed by atoms with Gasteiger partial charge in [0.15, 0.2) is 6.23 Å². The first-order valence-electron chi connectivity index (χ1n) is 13.1. The first-order valence-corrected chi connectivity index (χ1v) is 13.4. The van der Waals surface area contributed by atoms with Crippen LogP contribution in [0.1, 0.15) is 27.0 Å². The van der Waals surface area contributed by atoms with E-state index < -0.39 is 17.9 Å². The van der Waals surface area contributed by atoms with Crippen molar-refractivity contribution in [1.82, 2.24) is 20.2 Å². The fraction of sp³-hybridized carbons (Fsp3) is 0.167. The Hall–Kier alpha value is -4.74. The third-order valence-electron chi connectivity index (χ3n) is 7.02. The number of rotatable bonds is 6. The average Bonchev–Trinajstić information content (AvgIpc) is 3.14. The first-order chi connectivity index (χ1) is 20.4. The number of carbonyl (C=O) groups excluding carboxylic acids is 2. The Labute approximate surface area is 244 Å². The average molecular weight is 589 g/mol. The number of hydrogen-bond donors (Lipinski definition) is 2. The van der Waals surface area contributed by atoms with Gasteiger partial charge < -0.3 is 20.3 Å². The standard InChI is InChI=1S/C30H23ClF2N6O3/c31-19-6-9-21-22(12-19)28(26-23(32)2-1-3-24(26)33)35-13-18-14-36-30(38-27(18)21)37-20-7-4-17(5-8-20)29(41)39-11-10-34-15-25(39)42-16-40/h1-9,12,14,16,25,34H,10-11,13,15H2,(H,36,37,38). The van der Waals surface area contributed by atoms with E-state index in [-0.39, 0.29) is 29.7 Å². The minimum Gasteiger partial charge on any atom is -0.442 e. The number of carbonyl (C=O) groups is 2. The van der Waals surface area contributed by atoms with Gasteiger partial charge in [-0.05, 0) is 48.5 Å². The molecule has 3 heterocycles. The van der Waals surface area contributed by atoms with Gasteiger partial charge in [-0.2, -0.15) is 0 Å². The Morgan fingerprint density at radius 2 is 1.88 bits per heavy atom. The number of ether oxygens (including phenoxy) is 1. The van der Waals surface area contributed by atoms with Gasteiger partial charge >= 0.3 is 0 Å². The van der Waals surface area contributed by atoms with Crippen molar-refractivity contribution < 1.29 is 23.1 Å². The second kappa shape index (κ2) is 11.6. The maximum absolute atomic E-state index is 14.8. The number of piperazine rings is 1. The summed E-state index contributed by atoms with van der Waals surface area (Å²) in [5.74, 6) is -1.45. The Balaban J connectivity index is 1.28. The minimum absolute atomic E-state index is 0.0999. The lowest BCUT2D eigenvalue weighted by Crippen LogP contribution is -2.54. The number of hydrogen-bond acceptors (Lipinski definition) is 8. The molecule has 0 spiro atoms. The SMILES string of the molecule is O=COC1CNCCN1C(=O)c1ccc(Nc2ncc3c(n2)-c2ccc(Cl)cc2C(c2c(F)cccc2F)=NC3)cc1. The molecule has 1 unspecified atom stereocenters. The third-order valence-corrected chi connectivity index (χ3v) is 7.26. The summed E-state index contributed by atoms with van der Waals surface area (Å²) >= 11 is 6.30. The molecule has 2 aliphatic rings. The molecular weight excluding hydrogens is 566 g/mol. The summed E-state index contributed by atoms with van der Waals surface area (Å²) < 4.78 is 34.6. The van der Waals surface area contributed by atoms with Crippen LogP contribution in [-0.2, 0) is 16.1 Å². The highest BCUT2D eigenvalue weighted by atomic mass is 35.5. The van der Waals surface area contributed by atoms with E-state index >= 15 is 0 Å². The number of halogens is 3. The number of nitrogens with one attached hydrogen (secondary N) is 2. The van der Waals surface area contributed by atoms with E-state index in [4.69, 9.17) is 21.3 Å². The number of amides is 1. The first kappa shape index (κ1) is 27.4. The molecule has 0 radical (unpaired) electrons. The zero-order valence-corrected chi connectivity index (χ0v) is 22.7. The molecule has 6 rings (SSSR count). The van der Waals surface area contributed by atoms with Crippen molar-refractivity contribution in [3.8, 4) is 11.3 Å². The van der Waals surface area contributed by atoms with Gasteiger partial charge in [0.2, 0.25) is 5.95 Å². The van der Waals surface area contributed by atoms with Crippen LogP contribution in [0.5, 0.6) is 0 Å². The van der Waals surface area contributed by atoms with Gasteiger partial charge in [0.25, 0.3) is 12.4 Å². The van der Waals surface area contributed by atoms with Crippen LogP contribution in [0.2, 0.25) is 5.02 Å². The van der Waals surface area contributed by atoms with Gasteiger partial charge in [-0.1, -0.05) is 23.7 Å². The lowest BCUT2D eigenvalue weighted by Gasteiger charge is -2.34. The summed E-state index contributed by atoms with van der Waals surface area (Å²) in [7, 11) is 0. The molecule has 4 aromatic rings. The summed E-state index contributed by atoms with van der Waals surface area (Å²) in [6.45, 7) is 1.79. The molecule has 1 saturated heterocycles. The van der Waals surface area contributed by atoms with Crippen molar-refractivity contribution in [3.63, 3.8) is 0 Å². The Bertz CT molecular complexity index is 1700. The fourth-order valence-electron chi connectivity index (χ4n) is 5.01. The lowest BCUT2D eigenvalue weighted by molar-refractivity contribution is -0.141. The number of nitrogens with zero attached hydrogens (tertiary/aromatic N) is 4. The van der Waals surface area contributed by atoms with E-state index in [1.165, 1.54) is 23.1 Å². The van der Waals surface area contributed by atoms with E-state index in [2.05, 4.69) is 20.6 Å². The minimum atomic E-state index is -0.732. The normalized spacial score (nSPS) is 16.0. The van der Waals surface area contributed by atoms with Crippen LogP contribution in [0.3, 0.4) is 0 Å². The van der Waals surface area contributed by atoms with Gasteiger partial charge in [-0.15, -0.1) is 0 Å². The highest BCUT2D eigenvalue weighted by Crippen LogP contribution is 2.34. The lowest BCUT2D eigenvalue weighted by atomic mass is 9.95. The molecule has 212 valence electrons. The molecule has 1 aromatic heterocycles. The molecule has 42 heavy (non-hydrogen) atoms. The molecule has 2 N–H and O–H groups in total. The second-order valence-corrected chi connectivity index (χ2v) is 10.0. The maximum Gasteiger partial charge on any atom is 0.295 e. The van der Waals surface area contributed by atoms with Gasteiger partial charge in [0.05, 0.1) is 30.1 Å². The molecule has 9 nitrogen and oxygen atoms in total. The molecule has 1 atom stereocenters. The third kappa shape index (κ3) is 5.31. The summed E-state index contributed by atoms with van der Waals surface area (Å²) in [5, 5.41) is 6.62. The van der Waals surface area contributed by atoms with Gasteiger partial charge in [-0.25, -0.2) is 18.7 Å². The smallest absolute Gasteiger partial charge is 0.295 e. The molecule has 2 aliphatic heterocycles. The van der Waals surface area contributed by atoms with Crippen molar-refractivity contribution in [3.05, 3.63) is 106 Å². The molecule has 3 aromatic carbocycles. The summed E-state index contributed by atoms with van der Waals surface area (Å²) in [4.78, 5) is 39.1. The summed E-state index contributed by atoms with van der Waals surface area (Å²) in [6, 6.07) is 15.5. The van der Waals surface area contributed by atoms with E-state index in [1.54, 1.807) is 48.7 Å². The monoisotopic (exact) mass is 588 g/mol. The topological polar surface area (TPSA) is 109 Å². The zero-order valence-electron chi connectivity index (χ0n) is 22.0. The van der Waals surface area contributed by atoms with Crippen LogP contribution >= 0.6 is 11.6 Å². The number of fused-ring (bicyclic) bond motifs is 3. The van der Waals surface area contributed by atoms with E-state index in [0.717, 1.165) is 0 Å².